The van der Waals surface area contributed by atoms with Gasteiger partial charge in [-0.3, -0.25) is 4.90 Å². The van der Waals surface area contributed by atoms with E-state index in [1.807, 2.05) is 6.07 Å². The molecule has 1 aromatic carbocycles. The fourth-order valence-electron chi connectivity index (χ4n) is 2.43. The summed E-state index contributed by atoms with van der Waals surface area (Å²) in [6.07, 6.45) is 0.627. The number of rotatable bonds is 4. The zero-order chi connectivity index (χ0) is 13.0. The summed E-state index contributed by atoms with van der Waals surface area (Å²) >= 11 is 3.32. The Morgan fingerprint density at radius 3 is 2.68 bits per heavy atom. The van der Waals surface area contributed by atoms with Crippen LogP contribution in [-0.2, 0) is 0 Å². The van der Waals surface area contributed by atoms with E-state index in [4.69, 9.17) is 0 Å². The molecule has 0 bridgehead atoms. The Balaban J connectivity index is 0.00000180. The van der Waals surface area contributed by atoms with Crippen molar-refractivity contribution < 1.29 is 9.50 Å². The van der Waals surface area contributed by atoms with Crippen LogP contribution < -0.4 is 5.32 Å². The molecule has 108 valence electrons. The predicted octanol–water partition coefficient (Wildman–Crippen LogP) is 2.34. The number of piperazine rings is 1. The fraction of sp³-hybridized carbons (Fsp3) is 0.538. The van der Waals surface area contributed by atoms with Crippen molar-refractivity contribution in [3.05, 3.63) is 34.1 Å². The van der Waals surface area contributed by atoms with E-state index < -0.39 is 0 Å². The summed E-state index contributed by atoms with van der Waals surface area (Å²) in [5, 5.41) is 12.5. The number of benzene rings is 1. The van der Waals surface area contributed by atoms with Gasteiger partial charge >= 0.3 is 0 Å². The normalized spacial score (nSPS) is 17.8. The third kappa shape index (κ3) is 4.13. The molecule has 0 unspecified atom stereocenters. The molecule has 0 aliphatic carbocycles. The number of hydrogen-bond donors (Lipinski definition) is 2. The minimum absolute atomic E-state index is 0. The monoisotopic (exact) mass is 352 g/mol. The van der Waals surface area contributed by atoms with Crippen LogP contribution >= 0.6 is 28.3 Å². The Morgan fingerprint density at radius 2 is 2.05 bits per heavy atom. The van der Waals surface area contributed by atoms with Crippen LogP contribution in [0.1, 0.15) is 18.0 Å². The lowest BCUT2D eigenvalue weighted by Gasteiger charge is -2.35. The summed E-state index contributed by atoms with van der Waals surface area (Å²) in [4.78, 5) is 2.30. The largest absolute Gasteiger partial charge is 0.396 e. The second kappa shape index (κ2) is 8.17. The molecule has 1 aliphatic heterocycles. The zero-order valence-electron chi connectivity index (χ0n) is 10.6. The minimum Gasteiger partial charge on any atom is -0.396 e. The summed E-state index contributed by atoms with van der Waals surface area (Å²) < 4.78 is 14.1. The molecule has 1 atom stereocenters. The molecule has 1 fully saturated rings. The molecule has 1 aromatic rings. The fourth-order valence-corrected chi connectivity index (χ4v) is 2.96. The van der Waals surface area contributed by atoms with Crippen molar-refractivity contribution in [3.63, 3.8) is 0 Å². The van der Waals surface area contributed by atoms with Crippen LogP contribution in [0.2, 0.25) is 0 Å². The number of halogens is 3. The van der Waals surface area contributed by atoms with Crippen LogP contribution in [-0.4, -0.2) is 42.8 Å². The van der Waals surface area contributed by atoms with Crippen molar-refractivity contribution in [2.75, 3.05) is 32.8 Å². The minimum atomic E-state index is -0.245. The van der Waals surface area contributed by atoms with E-state index in [1.54, 1.807) is 6.07 Å². The van der Waals surface area contributed by atoms with Gasteiger partial charge in [0.25, 0.3) is 0 Å². The molecule has 1 heterocycles. The second-order valence-electron chi connectivity index (χ2n) is 4.46. The summed E-state index contributed by atoms with van der Waals surface area (Å²) in [5.41, 5.74) is 0.922. The molecule has 19 heavy (non-hydrogen) atoms. The molecule has 0 aromatic heterocycles. The van der Waals surface area contributed by atoms with Crippen LogP contribution in [0.25, 0.3) is 0 Å². The SMILES string of the molecule is Cl.OCC[C@@H](c1cccc(F)c1Br)N1CCNCC1. The molecule has 0 amide bonds. The van der Waals surface area contributed by atoms with E-state index in [1.165, 1.54) is 6.07 Å². The zero-order valence-corrected chi connectivity index (χ0v) is 13.0. The van der Waals surface area contributed by atoms with Crippen LogP contribution in [0.4, 0.5) is 4.39 Å². The van der Waals surface area contributed by atoms with Crippen molar-refractivity contribution in [1.82, 2.24) is 10.2 Å². The molecule has 0 spiro atoms. The van der Waals surface area contributed by atoms with E-state index in [0.29, 0.717) is 10.9 Å². The maximum Gasteiger partial charge on any atom is 0.137 e. The first-order valence-electron chi connectivity index (χ1n) is 6.23. The Morgan fingerprint density at radius 1 is 1.37 bits per heavy atom. The first-order valence-corrected chi connectivity index (χ1v) is 7.03. The van der Waals surface area contributed by atoms with Crippen LogP contribution in [0.5, 0.6) is 0 Å². The molecule has 0 saturated carbocycles. The van der Waals surface area contributed by atoms with E-state index in [-0.39, 0.29) is 30.9 Å². The predicted molar refractivity (Wildman–Crippen MR) is 80.2 cm³/mol. The van der Waals surface area contributed by atoms with Gasteiger partial charge in [-0.2, -0.15) is 0 Å². The molecule has 1 aliphatic rings. The first-order chi connectivity index (χ1) is 8.74. The van der Waals surface area contributed by atoms with Crippen molar-refractivity contribution >= 4 is 28.3 Å². The van der Waals surface area contributed by atoms with Gasteiger partial charge in [-0.15, -0.1) is 12.4 Å². The van der Waals surface area contributed by atoms with E-state index in [9.17, 15) is 9.50 Å². The summed E-state index contributed by atoms with van der Waals surface area (Å²) in [5.74, 6) is -0.245. The summed E-state index contributed by atoms with van der Waals surface area (Å²) in [7, 11) is 0. The van der Waals surface area contributed by atoms with E-state index >= 15 is 0 Å². The van der Waals surface area contributed by atoms with Gasteiger partial charge in [-0.25, -0.2) is 4.39 Å². The molecular weight excluding hydrogens is 335 g/mol. The quantitative estimate of drug-likeness (QED) is 0.872. The van der Waals surface area contributed by atoms with Gasteiger partial charge in [-0.05, 0) is 34.0 Å². The number of nitrogens with one attached hydrogen (secondary N) is 1. The van der Waals surface area contributed by atoms with Gasteiger partial charge in [0.15, 0.2) is 0 Å². The lowest BCUT2D eigenvalue weighted by atomic mass is 10.0. The molecule has 6 heteroatoms. The average Bonchev–Trinajstić information content (AvgIpc) is 2.41. The van der Waals surface area contributed by atoms with Crippen molar-refractivity contribution in [3.8, 4) is 0 Å². The Labute approximate surface area is 127 Å². The number of nitrogens with zero attached hydrogens (tertiary/aromatic N) is 1. The standard InChI is InChI=1S/C13H18BrFN2O.ClH/c14-13-10(2-1-3-11(13)15)12(4-9-18)17-7-5-16-6-8-17;/h1-3,12,16,18H,4-9H2;1H/t12-;/m0./s1. The molecule has 3 nitrogen and oxygen atoms in total. The topological polar surface area (TPSA) is 35.5 Å². The van der Waals surface area contributed by atoms with Crippen molar-refractivity contribution in [2.24, 2.45) is 0 Å². The highest BCUT2D eigenvalue weighted by atomic mass is 79.9. The van der Waals surface area contributed by atoms with Gasteiger partial charge in [-0.1, -0.05) is 12.1 Å². The lowest BCUT2D eigenvalue weighted by Crippen LogP contribution is -2.45. The van der Waals surface area contributed by atoms with Gasteiger partial charge in [0, 0.05) is 38.8 Å². The highest BCUT2D eigenvalue weighted by Gasteiger charge is 2.24. The number of aliphatic hydroxyl groups excluding tert-OH is 1. The smallest absolute Gasteiger partial charge is 0.137 e. The van der Waals surface area contributed by atoms with Gasteiger partial charge in [0.05, 0.1) is 4.47 Å². The number of hydrogen-bond acceptors (Lipinski definition) is 3. The van der Waals surface area contributed by atoms with Gasteiger partial charge in [0.1, 0.15) is 5.82 Å². The van der Waals surface area contributed by atoms with Gasteiger partial charge in [0.2, 0.25) is 0 Å². The molecule has 2 rings (SSSR count). The lowest BCUT2D eigenvalue weighted by molar-refractivity contribution is 0.140. The third-order valence-electron chi connectivity index (χ3n) is 3.34. The molecule has 0 radical (unpaired) electrons. The number of aliphatic hydroxyl groups is 1. The molecule has 1 saturated heterocycles. The Kier molecular flexibility index (Phi) is 7.25. The van der Waals surface area contributed by atoms with E-state index in [0.717, 1.165) is 31.7 Å². The second-order valence-corrected chi connectivity index (χ2v) is 5.25. The maximum atomic E-state index is 13.6. The van der Waals surface area contributed by atoms with Crippen molar-refractivity contribution in [1.29, 1.82) is 0 Å². The average molecular weight is 354 g/mol. The van der Waals surface area contributed by atoms with Gasteiger partial charge < -0.3 is 10.4 Å². The highest BCUT2D eigenvalue weighted by Crippen LogP contribution is 2.32. The molecular formula is C13H19BrClFN2O. The Hall–Kier alpha value is -0.200. The van der Waals surface area contributed by atoms with E-state index in [2.05, 4.69) is 26.1 Å². The van der Waals surface area contributed by atoms with Crippen LogP contribution in [0.3, 0.4) is 0 Å². The first kappa shape index (κ1) is 16.9. The third-order valence-corrected chi connectivity index (χ3v) is 4.17. The Bertz CT molecular complexity index is 402. The summed E-state index contributed by atoms with van der Waals surface area (Å²) in [6, 6.07) is 5.17. The molecule has 2 N–H and O–H groups in total. The highest BCUT2D eigenvalue weighted by molar-refractivity contribution is 9.10. The van der Waals surface area contributed by atoms with Crippen molar-refractivity contribution in [2.45, 2.75) is 12.5 Å². The maximum absolute atomic E-state index is 13.6. The summed E-state index contributed by atoms with van der Waals surface area (Å²) in [6.45, 7) is 3.84. The van der Waals surface area contributed by atoms with Crippen LogP contribution in [0, 0.1) is 5.82 Å². The van der Waals surface area contributed by atoms with Crippen LogP contribution in [0.15, 0.2) is 22.7 Å².